The SMILES string of the molecule is C=C(C)COC(OCC(F)(F)S(=O)(=O)O)(C(=O)N(CCCC)CCCC)C(F)(F)F. The highest BCUT2D eigenvalue weighted by molar-refractivity contribution is 7.86. The molecule has 30 heavy (non-hydrogen) atoms. The molecule has 0 aromatic carbocycles. The lowest BCUT2D eigenvalue weighted by Gasteiger charge is -2.38. The van der Waals surface area contributed by atoms with Gasteiger partial charge in [-0.25, -0.2) is 0 Å². The lowest BCUT2D eigenvalue weighted by molar-refractivity contribution is -0.367. The fourth-order valence-electron chi connectivity index (χ4n) is 2.16. The molecule has 1 atom stereocenters. The largest absolute Gasteiger partial charge is 0.453 e. The summed E-state index contributed by atoms with van der Waals surface area (Å²) in [5.74, 6) is -5.99. The molecular weight excluding hydrogens is 441 g/mol. The minimum atomic E-state index is -6.10. The van der Waals surface area contributed by atoms with Gasteiger partial charge in [0.25, 0.3) is 5.91 Å². The van der Waals surface area contributed by atoms with E-state index in [-0.39, 0.29) is 18.7 Å². The number of hydrogen-bond donors (Lipinski definition) is 1. The molecule has 13 heteroatoms. The number of nitrogens with zero attached hydrogens (tertiary/aromatic N) is 1. The van der Waals surface area contributed by atoms with Crippen molar-refractivity contribution < 1.29 is 49.2 Å². The van der Waals surface area contributed by atoms with Crippen molar-refractivity contribution in [3.8, 4) is 0 Å². The van der Waals surface area contributed by atoms with Crippen molar-refractivity contribution >= 4 is 16.0 Å². The number of hydrogen-bond acceptors (Lipinski definition) is 5. The summed E-state index contributed by atoms with van der Waals surface area (Å²) in [7, 11) is -6.10. The zero-order valence-corrected chi connectivity index (χ0v) is 17.9. The summed E-state index contributed by atoms with van der Waals surface area (Å²) in [4.78, 5) is 13.7. The van der Waals surface area contributed by atoms with Crippen molar-refractivity contribution in [2.45, 2.75) is 63.7 Å². The maximum atomic E-state index is 14.0. The van der Waals surface area contributed by atoms with E-state index in [4.69, 9.17) is 4.55 Å². The molecule has 1 N–H and O–H groups in total. The van der Waals surface area contributed by atoms with Crippen LogP contribution in [0, 0.1) is 0 Å². The molecule has 0 aliphatic carbocycles. The molecular formula is C17H28F5NO6S. The van der Waals surface area contributed by atoms with E-state index in [0.29, 0.717) is 25.7 Å². The number of amides is 1. The van der Waals surface area contributed by atoms with Crippen LogP contribution in [0.15, 0.2) is 12.2 Å². The van der Waals surface area contributed by atoms with Crippen LogP contribution < -0.4 is 0 Å². The Bertz CT molecular complexity index is 675. The van der Waals surface area contributed by atoms with Gasteiger partial charge >= 0.3 is 27.3 Å². The first-order valence-corrected chi connectivity index (χ1v) is 10.6. The van der Waals surface area contributed by atoms with Gasteiger partial charge in [-0.05, 0) is 19.8 Å². The van der Waals surface area contributed by atoms with Crippen LogP contribution in [0.25, 0.3) is 0 Å². The number of carbonyl (C=O) groups excluding carboxylic acids is 1. The van der Waals surface area contributed by atoms with Gasteiger partial charge in [-0.15, -0.1) is 0 Å². The van der Waals surface area contributed by atoms with E-state index >= 15 is 0 Å². The van der Waals surface area contributed by atoms with Gasteiger partial charge in [0.2, 0.25) is 0 Å². The summed E-state index contributed by atoms with van der Waals surface area (Å²) >= 11 is 0. The maximum Gasteiger partial charge on any atom is 0.453 e. The van der Waals surface area contributed by atoms with E-state index < -0.39 is 46.5 Å². The first kappa shape index (κ1) is 28.7. The van der Waals surface area contributed by atoms with Gasteiger partial charge in [0, 0.05) is 13.1 Å². The summed E-state index contributed by atoms with van der Waals surface area (Å²) in [6.07, 6.45) is -3.94. The second-order valence-electron chi connectivity index (χ2n) is 6.76. The lowest BCUT2D eigenvalue weighted by atomic mass is 10.1. The van der Waals surface area contributed by atoms with Crippen molar-refractivity contribution in [2.75, 3.05) is 26.3 Å². The fourth-order valence-corrected chi connectivity index (χ4v) is 2.36. The van der Waals surface area contributed by atoms with Gasteiger partial charge in [-0.2, -0.15) is 30.4 Å². The van der Waals surface area contributed by atoms with Crippen molar-refractivity contribution in [2.24, 2.45) is 0 Å². The van der Waals surface area contributed by atoms with Crippen LogP contribution in [0.3, 0.4) is 0 Å². The van der Waals surface area contributed by atoms with Crippen LogP contribution in [0.1, 0.15) is 46.5 Å². The van der Waals surface area contributed by atoms with Gasteiger partial charge in [-0.3, -0.25) is 9.35 Å². The van der Waals surface area contributed by atoms with Gasteiger partial charge in [0.05, 0.1) is 6.61 Å². The number of carbonyl (C=O) groups is 1. The van der Waals surface area contributed by atoms with Crippen molar-refractivity contribution in [3.05, 3.63) is 12.2 Å². The van der Waals surface area contributed by atoms with Gasteiger partial charge in [-0.1, -0.05) is 38.8 Å². The molecule has 0 radical (unpaired) electrons. The van der Waals surface area contributed by atoms with Gasteiger partial charge in [0.1, 0.15) is 6.61 Å². The van der Waals surface area contributed by atoms with Crippen LogP contribution in [-0.2, 0) is 24.4 Å². The molecule has 0 saturated carbocycles. The van der Waals surface area contributed by atoms with E-state index in [1.54, 1.807) is 13.8 Å². The van der Waals surface area contributed by atoms with Crippen LogP contribution in [0.2, 0.25) is 0 Å². The third-order valence-corrected chi connectivity index (χ3v) is 4.72. The van der Waals surface area contributed by atoms with E-state index in [1.807, 2.05) is 0 Å². The Kier molecular flexibility index (Phi) is 10.9. The molecule has 0 heterocycles. The molecule has 1 amide bonds. The summed E-state index contributed by atoms with van der Waals surface area (Å²) in [6.45, 7) is 4.50. The Morgan fingerprint density at radius 1 is 1.03 bits per heavy atom. The average Bonchev–Trinajstić information content (AvgIpc) is 2.59. The number of alkyl halides is 5. The van der Waals surface area contributed by atoms with Gasteiger partial charge < -0.3 is 14.4 Å². The second-order valence-corrected chi connectivity index (χ2v) is 8.31. The Morgan fingerprint density at radius 3 is 1.83 bits per heavy atom. The van der Waals surface area contributed by atoms with Gasteiger partial charge in [0.15, 0.2) is 0 Å². The van der Waals surface area contributed by atoms with Crippen molar-refractivity contribution in [3.63, 3.8) is 0 Å². The second kappa shape index (κ2) is 11.3. The quantitative estimate of drug-likeness (QED) is 0.180. The molecule has 0 spiro atoms. The Balaban J connectivity index is 6.25. The normalized spacial score (nSPS) is 15.0. The molecule has 0 aliphatic rings. The maximum absolute atomic E-state index is 14.0. The molecule has 0 aromatic rings. The number of ether oxygens (including phenoxy) is 2. The van der Waals surface area contributed by atoms with E-state index in [2.05, 4.69) is 16.1 Å². The molecule has 0 saturated heterocycles. The first-order valence-electron chi connectivity index (χ1n) is 9.19. The Morgan fingerprint density at radius 2 is 1.50 bits per heavy atom. The number of unbranched alkanes of at least 4 members (excludes halogenated alkanes) is 2. The number of rotatable bonds is 14. The minimum Gasteiger partial charge on any atom is -0.338 e. The average molecular weight is 469 g/mol. The fraction of sp³-hybridized carbons (Fsp3) is 0.824. The standard InChI is InChI=1S/C17H28F5NO6S/c1-5-7-9-23(10-8-6-2)14(24)16(17(20,21)22,28-11-13(3)4)29-12-15(18,19)30(25,26)27/h3,5-12H2,1-2,4H3,(H,25,26,27). The molecule has 0 aromatic heterocycles. The first-order chi connectivity index (χ1) is 13.6. The predicted octanol–water partition coefficient (Wildman–Crippen LogP) is 3.76. The zero-order valence-electron chi connectivity index (χ0n) is 17.1. The van der Waals surface area contributed by atoms with Crippen LogP contribution in [0.4, 0.5) is 22.0 Å². The molecule has 0 bridgehead atoms. The summed E-state index contributed by atoms with van der Waals surface area (Å²) in [6, 6.07) is 0. The highest BCUT2D eigenvalue weighted by Crippen LogP contribution is 2.39. The monoisotopic (exact) mass is 469 g/mol. The highest BCUT2D eigenvalue weighted by Gasteiger charge is 2.66. The smallest absolute Gasteiger partial charge is 0.338 e. The van der Waals surface area contributed by atoms with E-state index in [9.17, 15) is 35.2 Å². The molecule has 0 rings (SSSR count). The van der Waals surface area contributed by atoms with Crippen molar-refractivity contribution in [1.82, 2.24) is 4.90 Å². The minimum absolute atomic E-state index is 0.0234. The molecule has 0 fully saturated rings. The van der Waals surface area contributed by atoms with Crippen LogP contribution in [0.5, 0.6) is 0 Å². The summed E-state index contributed by atoms with van der Waals surface area (Å²) < 4.78 is 108. The van der Waals surface area contributed by atoms with Crippen LogP contribution in [-0.4, -0.2) is 67.3 Å². The summed E-state index contributed by atoms with van der Waals surface area (Å²) in [5.41, 5.74) is 0.0234. The Labute approximate surface area is 172 Å². The highest BCUT2D eigenvalue weighted by atomic mass is 32.2. The topological polar surface area (TPSA) is 93.1 Å². The number of halogens is 5. The van der Waals surface area contributed by atoms with E-state index in [0.717, 1.165) is 4.90 Å². The third-order valence-electron chi connectivity index (χ3n) is 3.85. The third kappa shape index (κ3) is 7.75. The predicted molar refractivity (Wildman–Crippen MR) is 98.4 cm³/mol. The summed E-state index contributed by atoms with van der Waals surface area (Å²) in [5, 5.41) is -5.10. The molecule has 7 nitrogen and oxygen atoms in total. The Hall–Kier alpha value is -1.31. The molecule has 0 aliphatic heterocycles. The van der Waals surface area contributed by atoms with E-state index in [1.165, 1.54) is 6.92 Å². The van der Waals surface area contributed by atoms with Crippen LogP contribution >= 0.6 is 0 Å². The van der Waals surface area contributed by atoms with Crippen molar-refractivity contribution in [1.29, 1.82) is 0 Å². The molecule has 178 valence electrons. The zero-order chi connectivity index (χ0) is 23.8. The molecule has 1 unspecified atom stereocenters. The lowest BCUT2D eigenvalue weighted by Crippen LogP contribution is -2.63.